The first-order valence-electron chi connectivity index (χ1n) is 5.55. The third-order valence-corrected chi connectivity index (χ3v) is 2.96. The van der Waals surface area contributed by atoms with Crippen LogP contribution in [0.1, 0.15) is 43.0 Å². The van der Waals surface area contributed by atoms with E-state index in [9.17, 15) is 4.79 Å². The van der Waals surface area contributed by atoms with Crippen molar-refractivity contribution < 1.29 is 9.53 Å². The first-order valence-corrected chi connectivity index (χ1v) is 6.35. The molecule has 0 radical (unpaired) electrons. The zero-order valence-corrected chi connectivity index (χ0v) is 11.3. The van der Waals surface area contributed by atoms with E-state index in [2.05, 4.69) is 22.9 Å². The molecule has 0 saturated heterocycles. The van der Waals surface area contributed by atoms with Crippen molar-refractivity contribution in [3.8, 4) is 5.75 Å². The average Bonchev–Trinajstić information content (AvgIpc) is 2.29. The quantitative estimate of drug-likeness (QED) is 0.577. The SMILES string of the molecule is CCCCCC(=O)c1cc(Br)ccc1OC. The summed E-state index contributed by atoms with van der Waals surface area (Å²) in [6, 6.07) is 5.52. The number of benzene rings is 1. The number of carbonyl (C=O) groups is 1. The van der Waals surface area contributed by atoms with Gasteiger partial charge in [0.1, 0.15) is 5.75 Å². The van der Waals surface area contributed by atoms with Crippen molar-refractivity contribution in [2.45, 2.75) is 32.6 Å². The van der Waals surface area contributed by atoms with Crippen molar-refractivity contribution in [3.05, 3.63) is 28.2 Å². The third kappa shape index (κ3) is 3.63. The second-order valence-corrected chi connectivity index (χ2v) is 4.64. The van der Waals surface area contributed by atoms with Gasteiger partial charge in [-0.05, 0) is 24.6 Å². The number of hydrogen-bond donors (Lipinski definition) is 0. The Bertz CT molecular complexity index is 361. The van der Waals surface area contributed by atoms with Gasteiger partial charge in [-0.3, -0.25) is 4.79 Å². The van der Waals surface area contributed by atoms with Crippen molar-refractivity contribution in [1.82, 2.24) is 0 Å². The van der Waals surface area contributed by atoms with E-state index in [1.54, 1.807) is 7.11 Å². The number of ether oxygens (including phenoxy) is 1. The molecule has 0 bridgehead atoms. The van der Waals surface area contributed by atoms with Crippen LogP contribution in [0.4, 0.5) is 0 Å². The van der Waals surface area contributed by atoms with Crippen molar-refractivity contribution in [3.63, 3.8) is 0 Å². The van der Waals surface area contributed by atoms with E-state index in [0.717, 1.165) is 23.7 Å². The highest BCUT2D eigenvalue weighted by Gasteiger charge is 2.11. The predicted molar refractivity (Wildman–Crippen MR) is 69.2 cm³/mol. The fourth-order valence-electron chi connectivity index (χ4n) is 1.57. The van der Waals surface area contributed by atoms with Crippen LogP contribution in [0, 0.1) is 0 Å². The average molecular weight is 285 g/mol. The first kappa shape index (κ1) is 13.2. The molecule has 0 unspecified atom stereocenters. The molecule has 1 aromatic rings. The van der Waals surface area contributed by atoms with Crippen LogP contribution in [0.15, 0.2) is 22.7 Å². The zero-order valence-electron chi connectivity index (χ0n) is 9.75. The monoisotopic (exact) mass is 284 g/mol. The molecule has 16 heavy (non-hydrogen) atoms. The van der Waals surface area contributed by atoms with Crippen molar-refractivity contribution in [1.29, 1.82) is 0 Å². The van der Waals surface area contributed by atoms with Gasteiger partial charge in [0.05, 0.1) is 12.7 Å². The number of hydrogen-bond acceptors (Lipinski definition) is 2. The zero-order chi connectivity index (χ0) is 12.0. The molecule has 3 heteroatoms. The standard InChI is InChI=1S/C13H17BrO2/c1-3-4-5-6-12(15)11-9-10(14)7-8-13(11)16-2/h7-9H,3-6H2,1-2H3. The van der Waals surface area contributed by atoms with Gasteiger partial charge in [0.2, 0.25) is 0 Å². The summed E-state index contributed by atoms with van der Waals surface area (Å²) in [5.41, 5.74) is 0.674. The number of Topliss-reactive ketones (excluding diaryl/α,β-unsaturated/α-hetero) is 1. The molecular weight excluding hydrogens is 268 g/mol. The van der Waals surface area contributed by atoms with Crippen LogP contribution >= 0.6 is 15.9 Å². The predicted octanol–water partition coefficient (Wildman–Crippen LogP) is 4.22. The maximum atomic E-state index is 12.0. The lowest BCUT2D eigenvalue weighted by molar-refractivity contribution is 0.0976. The molecule has 0 aliphatic heterocycles. The van der Waals surface area contributed by atoms with Gasteiger partial charge in [0.15, 0.2) is 5.78 Å². The number of rotatable bonds is 6. The largest absolute Gasteiger partial charge is 0.496 e. The van der Waals surface area contributed by atoms with Crippen LogP contribution in [-0.4, -0.2) is 12.9 Å². The van der Waals surface area contributed by atoms with Crippen molar-refractivity contribution >= 4 is 21.7 Å². The van der Waals surface area contributed by atoms with E-state index < -0.39 is 0 Å². The van der Waals surface area contributed by atoms with Crippen LogP contribution in [-0.2, 0) is 0 Å². The highest BCUT2D eigenvalue weighted by Crippen LogP contribution is 2.24. The Morgan fingerprint density at radius 2 is 2.12 bits per heavy atom. The summed E-state index contributed by atoms with van der Waals surface area (Å²) in [6.45, 7) is 2.13. The summed E-state index contributed by atoms with van der Waals surface area (Å²) in [5.74, 6) is 0.816. The van der Waals surface area contributed by atoms with E-state index in [1.165, 1.54) is 0 Å². The molecule has 0 amide bonds. The molecule has 0 fully saturated rings. The minimum atomic E-state index is 0.159. The Morgan fingerprint density at radius 3 is 2.75 bits per heavy atom. The van der Waals surface area contributed by atoms with Crippen LogP contribution < -0.4 is 4.74 Å². The smallest absolute Gasteiger partial charge is 0.166 e. The highest BCUT2D eigenvalue weighted by atomic mass is 79.9. The Kier molecular flexibility index (Phi) is 5.53. The van der Waals surface area contributed by atoms with Gasteiger partial charge in [0.25, 0.3) is 0 Å². The van der Waals surface area contributed by atoms with Crippen molar-refractivity contribution in [2.24, 2.45) is 0 Å². The normalized spacial score (nSPS) is 10.2. The number of methoxy groups -OCH3 is 1. The molecule has 1 aromatic carbocycles. The fourth-order valence-corrected chi connectivity index (χ4v) is 1.93. The lowest BCUT2D eigenvalue weighted by Gasteiger charge is -2.07. The molecular formula is C13H17BrO2. The Morgan fingerprint density at radius 1 is 1.38 bits per heavy atom. The minimum Gasteiger partial charge on any atom is -0.496 e. The first-order chi connectivity index (χ1) is 7.69. The van der Waals surface area contributed by atoms with E-state index in [1.807, 2.05) is 18.2 Å². The number of halogens is 1. The molecule has 0 aliphatic rings. The van der Waals surface area contributed by atoms with E-state index in [-0.39, 0.29) is 5.78 Å². The van der Waals surface area contributed by atoms with Gasteiger partial charge in [-0.15, -0.1) is 0 Å². The van der Waals surface area contributed by atoms with Gasteiger partial charge >= 0.3 is 0 Å². The maximum Gasteiger partial charge on any atom is 0.166 e. The summed E-state index contributed by atoms with van der Waals surface area (Å²) in [5, 5.41) is 0. The molecule has 2 nitrogen and oxygen atoms in total. The maximum absolute atomic E-state index is 12.0. The van der Waals surface area contributed by atoms with Gasteiger partial charge < -0.3 is 4.74 Å². The fraction of sp³-hybridized carbons (Fsp3) is 0.462. The molecule has 0 aromatic heterocycles. The summed E-state index contributed by atoms with van der Waals surface area (Å²) < 4.78 is 6.10. The molecule has 0 saturated carbocycles. The van der Waals surface area contributed by atoms with Gasteiger partial charge in [-0.1, -0.05) is 35.7 Å². The molecule has 0 aliphatic carbocycles. The summed E-state index contributed by atoms with van der Waals surface area (Å²) >= 11 is 3.37. The highest BCUT2D eigenvalue weighted by molar-refractivity contribution is 9.10. The number of unbranched alkanes of at least 4 members (excludes halogenated alkanes) is 2. The molecule has 0 atom stereocenters. The summed E-state index contributed by atoms with van der Waals surface area (Å²) in [7, 11) is 1.59. The molecule has 0 spiro atoms. The molecule has 88 valence electrons. The number of ketones is 1. The van der Waals surface area contributed by atoms with Gasteiger partial charge in [-0.2, -0.15) is 0 Å². The lowest BCUT2D eigenvalue weighted by Crippen LogP contribution is -2.02. The van der Waals surface area contributed by atoms with E-state index in [4.69, 9.17) is 4.74 Å². The Hall–Kier alpha value is -0.830. The third-order valence-electron chi connectivity index (χ3n) is 2.47. The summed E-state index contributed by atoms with van der Waals surface area (Å²) in [6.07, 6.45) is 3.77. The molecule has 0 N–H and O–H groups in total. The second kappa shape index (κ2) is 6.69. The topological polar surface area (TPSA) is 26.3 Å². The Balaban J connectivity index is 2.76. The van der Waals surface area contributed by atoms with Gasteiger partial charge in [0, 0.05) is 10.9 Å². The molecule has 1 rings (SSSR count). The lowest BCUT2D eigenvalue weighted by atomic mass is 10.0. The van der Waals surface area contributed by atoms with Crippen LogP contribution in [0.25, 0.3) is 0 Å². The van der Waals surface area contributed by atoms with Crippen LogP contribution in [0.5, 0.6) is 5.75 Å². The second-order valence-electron chi connectivity index (χ2n) is 3.72. The van der Waals surface area contributed by atoms with E-state index in [0.29, 0.717) is 17.7 Å². The minimum absolute atomic E-state index is 0.159. The Labute approximate surface area is 105 Å². The van der Waals surface area contributed by atoms with Crippen LogP contribution in [0.2, 0.25) is 0 Å². The van der Waals surface area contributed by atoms with Crippen LogP contribution in [0.3, 0.4) is 0 Å². The summed E-state index contributed by atoms with van der Waals surface area (Å²) in [4.78, 5) is 12.0. The van der Waals surface area contributed by atoms with E-state index >= 15 is 0 Å². The van der Waals surface area contributed by atoms with Crippen molar-refractivity contribution in [2.75, 3.05) is 7.11 Å². The van der Waals surface area contributed by atoms with Gasteiger partial charge in [-0.25, -0.2) is 0 Å². The molecule has 0 heterocycles. The number of carbonyl (C=O) groups excluding carboxylic acids is 1.